The number of amides is 4. The molecule has 6 heteroatoms. The van der Waals surface area contributed by atoms with Gasteiger partial charge in [0.15, 0.2) is 5.54 Å². The van der Waals surface area contributed by atoms with Crippen molar-refractivity contribution in [2.75, 3.05) is 6.54 Å². The second-order valence-corrected chi connectivity index (χ2v) is 7.96. The Kier molecular flexibility index (Phi) is 6.03. The van der Waals surface area contributed by atoms with Gasteiger partial charge in [-0.15, -0.1) is 0 Å². The number of hydrogen-bond acceptors (Lipinski definition) is 3. The average Bonchev–Trinajstić information content (AvgIpc) is 3.05. The SMILES string of the molecule is C[C@H](NC(=O)CN1C(=O)N[C@](Cc2ccccc2)(c2ccccc2)C1=O)c1ccccc1. The van der Waals surface area contributed by atoms with Crippen LogP contribution in [0.4, 0.5) is 4.79 Å². The second-order valence-electron chi connectivity index (χ2n) is 7.96. The lowest BCUT2D eigenvalue weighted by Crippen LogP contribution is -2.47. The molecular weight excluding hydrogens is 402 g/mol. The van der Waals surface area contributed by atoms with E-state index in [2.05, 4.69) is 10.6 Å². The average molecular weight is 428 g/mol. The topological polar surface area (TPSA) is 78.5 Å². The molecule has 0 radical (unpaired) electrons. The third-order valence-corrected chi connectivity index (χ3v) is 5.73. The fraction of sp³-hybridized carbons (Fsp3) is 0.192. The van der Waals surface area contributed by atoms with E-state index in [4.69, 9.17) is 0 Å². The maximum Gasteiger partial charge on any atom is 0.325 e. The van der Waals surface area contributed by atoms with E-state index < -0.39 is 23.4 Å². The van der Waals surface area contributed by atoms with Crippen molar-refractivity contribution in [3.63, 3.8) is 0 Å². The van der Waals surface area contributed by atoms with Gasteiger partial charge in [-0.2, -0.15) is 0 Å². The molecule has 3 aromatic rings. The Morgan fingerprint density at radius 3 is 2.09 bits per heavy atom. The smallest absolute Gasteiger partial charge is 0.325 e. The van der Waals surface area contributed by atoms with Gasteiger partial charge in [-0.1, -0.05) is 91.0 Å². The maximum atomic E-state index is 13.6. The number of rotatable bonds is 7. The highest BCUT2D eigenvalue weighted by Crippen LogP contribution is 2.33. The van der Waals surface area contributed by atoms with Gasteiger partial charge in [-0.3, -0.25) is 14.5 Å². The van der Waals surface area contributed by atoms with Crippen LogP contribution in [0.3, 0.4) is 0 Å². The normalized spacial score (nSPS) is 18.8. The fourth-order valence-electron chi connectivity index (χ4n) is 4.07. The zero-order valence-electron chi connectivity index (χ0n) is 17.8. The summed E-state index contributed by atoms with van der Waals surface area (Å²) in [6.45, 7) is 1.52. The lowest BCUT2D eigenvalue weighted by molar-refractivity contribution is -0.135. The minimum atomic E-state index is -1.26. The largest absolute Gasteiger partial charge is 0.348 e. The van der Waals surface area contributed by atoms with Crippen LogP contribution >= 0.6 is 0 Å². The van der Waals surface area contributed by atoms with Gasteiger partial charge in [-0.25, -0.2) is 4.79 Å². The number of nitrogens with one attached hydrogen (secondary N) is 2. The van der Waals surface area contributed by atoms with E-state index in [0.29, 0.717) is 12.0 Å². The van der Waals surface area contributed by atoms with Crippen LogP contribution in [0, 0.1) is 0 Å². The van der Waals surface area contributed by atoms with E-state index in [-0.39, 0.29) is 12.6 Å². The molecule has 1 aliphatic heterocycles. The van der Waals surface area contributed by atoms with Gasteiger partial charge in [0.25, 0.3) is 5.91 Å². The van der Waals surface area contributed by atoms with Crippen molar-refractivity contribution in [2.45, 2.75) is 24.9 Å². The summed E-state index contributed by atoms with van der Waals surface area (Å²) in [7, 11) is 0. The first-order chi connectivity index (χ1) is 15.5. The van der Waals surface area contributed by atoms with Crippen molar-refractivity contribution >= 4 is 17.8 Å². The predicted molar refractivity (Wildman–Crippen MR) is 122 cm³/mol. The Bertz CT molecular complexity index is 1100. The number of hydrogen-bond donors (Lipinski definition) is 2. The standard InChI is InChI=1S/C26H25N3O3/c1-19(21-13-7-3-8-14-21)27-23(30)18-29-24(31)26(28-25(29)32,22-15-9-4-10-16-22)17-20-11-5-2-6-12-20/h2-16,19H,17-18H2,1H3,(H,27,30)(H,28,32)/t19-,26+/m0/s1. The molecule has 2 N–H and O–H groups in total. The Morgan fingerprint density at radius 2 is 1.47 bits per heavy atom. The summed E-state index contributed by atoms with van der Waals surface area (Å²) in [4.78, 5) is 40.2. The summed E-state index contributed by atoms with van der Waals surface area (Å²) < 4.78 is 0. The highest BCUT2D eigenvalue weighted by Gasteiger charge is 2.52. The molecule has 0 saturated carbocycles. The molecule has 1 heterocycles. The van der Waals surface area contributed by atoms with E-state index in [1.54, 1.807) is 0 Å². The summed E-state index contributed by atoms with van der Waals surface area (Å²) in [6.07, 6.45) is 0.293. The molecule has 0 bridgehead atoms. The van der Waals surface area contributed by atoms with Crippen molar-refractivity contribution in [3.05, 3.63) is 108 Å². The molecule has 0 unspecified atom stereocenters. The van der Waals surface area contributed by atoms with Crippen LogP contribution in [0.1, 0.15) is 29.7 Å². The maximum absolute atomic E-state index is 13.6. The Morgan fingerprint density at radius 1 is 0.906 bits per heavy atom. The highest BCUT2D eigenvalue weighted by molar-refractivity contribution is 6.09. The Balaban J connectivity index is 1.56. The molecule has 1 saturated heterocycles. The summed E-state index contributed by atoms with van der Waals surface area (Å²) >= 11 is 0. The first-order valence-corrected chi connectivity index (χ1v) is 10.6. The van der Waals surface area contributed by atoms with Crippen LogP contribution in [-0.4, -0.2) is 29.3 Å². The van der Waals surface area contributed by atoms with Gasteiger partial charge in [-0.05, 0) is 23.6 Å². The summed E-state index contributed by atoms with van der Waals surface area (Å²) in [5.41, 5.74) is 1.28. The van der Waals surface area contributed by atoms with Gasteiger partial charge in [0.1, 0.15) is 6.54 Å². The van der Waals surface area contributed by atoms with Crippen molar-refractivity contribution in [1.29, 1.82) is 0 Å². The van der Waals surface area contributed by atoms with Gasteiger partial charge in [0.2, 0.25) is 5.91 Å². The van der Waals surface area contributed by atoms with E-state index in [1.165, 1.54) is 0 Å². The number of nitrogens with zero attached hydrogens (tertiary/aromatic N) is 1. The van der Waals surface area contributed by atoms with Crippen molar-refractivity contribution in [2.24, 2.45) is 0 Å². The van der Waals surface area contributed by atoms with Crippen molar-refractivity contribution in [3.8, 4) is 0 Å². The predicted octanol–water partition coefficient (Wildman–Crippen LogP) is 3.55. The summed E-state index contributed by atoms with van der Waals surface area (Å²) in [5.74, 6) is -0.825. The Labute approximate surface area is 187 Å². The molecule has 2 atom stereocenters. The number of imide groups is 1. The zero-order valence-corrected chi connectivity index (χ0v) is 17.8. The lowest BCUT2D eigenvalue weighted by atomic mass is 9.83. The lowest BCUT2D eigenvalue weighted by Gasteiger charge is -2.27. The van der Waals surface area contributed by atoms with Crippen LogP contribution in [0.2, 0.25) is 0 Å². The highest BCUT2D eigenvalue weighted by atomic mass is 16.2. The molecular formula is C26H25N3O3. The third kappa shape index (κ3) is 4.25. The first-order valence-electron chi connectivity index (χ1n) is 10.6. The number of urea groups is 1. The monoisotopic (exact) mass is 427 g/mol. The molecule has 3 aromatic carbocycles. The minimum Gasteiger partial charge on any atom is -0.348 e. The van der Waals surface area contributed by atoms with Crippen LogP contribution in [0.5, 0.6) is 0 Å². The van der Waals surface area contributed by atoms with Gasteiger partial charge in [0, 0.05) is 6.42 Å². The summed E-state index contributed by atoms with van der Waals surface area (Å²) in [6, 6.07) is 27.4. The van der Waals surface area contributed by atoms with Crippen LogP contribution in [0.15, 0.2) is 91.0 Å². The number of carbonyl (C=O) groups excluding carboxylic acids is 3. The third-order valence-electron chi connectivity index (χ3n) is 5.73. The van der Waals surface area contributed by atoms with Crippen LogP contribution in [0.25, 0.3) is 0 Å². The van der Waals surface area contributed by atoms with Crippen molar-refractivity contribution < 1.29 is 14.4 Å². The number of carbonyl (C=O) groups is 3. The summed E-state index contributed by atoms with van der Waals surface area (Å²) in [5, 5.41) is 5.75. The van der Waals surface area contributed by atoms with Gasteiger partial charge < -0.3 is 10.6 Å². The molecule has 4 rings (SSSR count). The van der Waals surface area contributed by atoms with E-state index in [9.17, 15) is 14.4 Å². The molecule has 1 aliphatic rings. The quantitative estimate of drug-likeness (QED) is 0.566. The number of benzene rings is 3. The van der Waals surface area contributed by atoms with Gasteiger partial charge >= 0.3 is 6.03 Å². The second kappa shape index (κ2) is 9.06. The molecule has 1 fully saturated rings. The minimum absolute atomic E-state index is 0.243. The zero-order chi connectivity index (χ0) is 22.6. The molecule has 4 amide bonds. The first kappa shape index (κ1) is 21.3. The van der Waals surface area contributed by atoms with Crippen molar-refractivity contribution in [1.82, 2.24) is 15.5 Å². The Hall–Kier alpha value is -3.93. The van der Waals surface area contributed by atoms with E-state index >= 15 is 0 Å². The molecule has 0 spiro atoms. The van der Waals surface area contributed by atoms with Gasteiger partial charge in [0.05, 0.1) is 6.04 Å². The fourth-order valence-corrected chi connectivity index (χ4v) is 4.07. The molecule has 0 aliphatic carbocycles. The van der Waals surface area contributed by atoms with Crippen LogP contribution in [-0.2, 0) is 21.5 Å². The van der Waals surface area contributed by atoms with E-state index in [0.717, 1.165) is 16.0 Å². The molecule has 0 aromatic heterocycles. The van der Waals surface area contributed by atoms with Crippen LogP contribution < -0.4 is 10.6 Å². The molecule has 162 valence electrons. The van der Waals surface area contributed by atoms with E-state index in [1.807, 2.05) is 97.9 Å². The molecule has 32 heavy (non-hydrogen) atoms. The molecule has 6 nitrogen and oxygen atoms in total.